The van der Waals surface area contributed by atoms with Crippen LogP contribution in [0.2, 0.25) is 0 Å². The van der Waals surface area contributed by atoms with Crippen LogP contribution in [0.3, 0.4) is 0 Å². The third-order valence-electron chi connectivity index (χ3n) is 10.1. The van der Waals surface area contributed by atoms with Crippen molar-refractivity contribution in [3.63, 3.8) is 0 Å². The molecule has 368 valence electrons. The zero-order chi connectivity index (χ0) is 47.8. The number of amides is 1. The maximum atomic E-state index is 12.9. The van der Waals surface area contributed by atoms with Crippen molar-refractivity contribution in [1.29, 1.82) is 0 Å². The predicted octanol–water partition coefficient (Wildman–Crippen LogP) is 14.8. The standard InChI is InChI=1S/C56H93N2O6P/c1-6-8-10-12-14-16-18-19-20-21-22-23-24-25-26-27-28-29-30-31-32-33-34-35-36-37-38-39-40-42-44-46-48-50-56(60)57-54(53-64-65(61,62)63-52-51-58(3,4)5)55(59)49-47-45-43-41-17-15-13-11-9-7-2/h8-11,14,16-17,19-20,22-23,25-26,28-29,31-32,34-35,41,47,49,54-55,59H,6-7,12-13,15,18,21,24,27,30,33,36-40,42-46,48,50-53H2,1-5H3,(H-,57,60,61,62)/p+1/b10-8-,11-9+,16-14-,20-19-,23-22-,26-25-,29-28-,32-31-,35-34-,41-17+,49-47+. The Morgan fingerprint density at radius 1 is 0.523 bits per heavy atom. The number of phosphoric ester groups is 1. The van der Waals surface area contributed by atoms with Crippen molar-refractivity contribution in [2.24, 2.45) is 0 Å². The number of hydrogen-bond donors (Lipinski definition) is 3. The summed E-state index contributed by atoms with van der Waals surface area (Å²) < 4.78 is 23.5. The fourth-order valence-electron chi connectivity index (χ4n) is 6.21. The van der Waals surface area contributed by atoms with Crippen LogP contribution in [0.4, 0.5) is 0 Å². The molecule has 0 radical (unpaired) electrons. The zero-order valence-electron chi connectivity index (χ0n) is 41.7. The number of likely N-dealkylation sites (N-methyl/N-ethyl adjacent to an activating group) is 1. The van der Waals surface area contributed by atoms with E-state index in [9.17, 15) is 19.4 Å². The monoisotopic (exact) mass is 922 g/mol. The molecule has 0 heterocycles. The largest absolute Gasteiger partial charge is 0.472 e. The lowest BCUT2D eigenvalue weighted by molar-refractivity contribution is -0.870. The van der Waals surface area contributed by atoms with E-state index in [0.717, 1.165) is 116 Å². The average molecular weight is 922 g/mol. The van der Waals surface area contributed by atoms with Crippen LogP contribution in [0, 0.1) is 0 Å². The Morgan fingerprint density at radius 3 is 1.35 bits per heavy atom. The summed E-state index contributed by atoms with van der Waals surface area (Å²) in [6, 6.07) is -0.882. The second-order valence-corrected chi connectivity index (χ2v) is 18.9. The molecule has 0 aliphatic carbocycles. The van der Waals surface area contributed by atoms with Gasteiger partial charge in [-0.3, -0.25) is 13.8 Å². The first kappa shape index (κ1) is 61.6. The van der Waals surface area contributed by atoms with Crippen molar-refractivity contribution in [3.05, 3.63) is 134 Å². The van der Waals surface area contributed by atoms with E-state index in [1.54, 1.807) is 6.08 Å². The number of aliphatic hydroxyl groups excluding tert-OH is 1. The number of nitrogens with one attached hydrogen (secondary N) is 1. The molecule has 0 saturated heterocycles. The van der Waals surface area contributed by atoms with E-state index in [1.165, 1.54) is 25.7 Å². The minimum atomic E-state index is -4.36. The molecule has 9 heteroatoms. The molecule has 3 N–H and O–H groups in total. The van der Waals surface area contributed by atoms with Crippen molar-refractivity contribution in [1.82, 2.24) is 5.32 Å². The van der Waals surface area contributed by atoms with Gasteiger partial charge < -0.3 is 19.8 Å². The first-order valence-corrected chi connectivity index (χ1v) is 26.6. The second kappa shape index (κ2) is 45.8. The highest BCUT2D eigenvalue weighted by molar-refractivity contribution is 7.47. The lowest BCUT2D eigenvalue weighted by Crippen LogP contribution is -2.45. The number of nitrogens with zero attached hydrogens (tertiary/aromatic N) is 1. The molecule has 0 aromatic heterocycles. The van der Waals surface area contributed by atoms with Crippen molar-refractivity contribution >= 4 is 13.7 Å². The van der Waals surface area contributed by atoms with Gasteiger partial charge in [-0.15, -0.1) is 0 Å². The molecule has 0 aliphatic rings. The molecular formula is C56H94N2O6P+. The highest BCUT2D eigenvalue weighted by Gasteiger charge is 2.27. The number of unbranched alkanes of at least 4 members (excludes halogenated alkanes) is 10. The van der Waals surface area contributed by atoms with Crippen LogP contribution in [0.15, 0.2) is 134 Å². The lowest BCUT2D eigenvalue weighted by Gasteiger charge is -2.25. The Bertz CT molecular complexity index is 1510. The van der Waals surface area contributed by atoms with Crippen LogP contribution >= 0.6 is 7.82 Å². The van der Waals surface area contributed by atoms with Gasteiger partial charge in [-0.1, -0.05) is 186 Å². The van der Waals surface area contributed by atoms with E-state index in [0.29, 0.717) is 17.4 Å². The number of phosphoric acid groups is 1. The minimum Gasteiger partial charge on any atom is -0.387 e. The number of quaternary nitrogens is 1. The van der Waals surface area contributed by atoms with Gasteiger partial charge in [0.1, 0.15) is 13.2 Å². The SMILES string of the molecule is CC/C=C\C/C=C\C/C=C\C/C=C\C/C=C\C/C=C\C/C=C\C/C=C\CCCCCCCCCCC(=O)NC(COP(=O)(O)OCC[N+](C)(C)C)C(O)/C=C/CC/C=C/CC/C=C/CC. The van der Waals surface area contributed by atoms with Gasteiger partial charge in [-0.05, 0) is 103 Å². The average Bonchev–Trinajstić information content (AvgIpc) is 3.26. The third-order valence-corrected chi connectivity index (χ3v) is 11.1. The molecule has 0 aromatic rings. The minimum absolute atomic E-state index is 0.0439. The highest BCUT2D eigenvalue weighted by atomic mass is 31.2. The Kier molecular flexibility index (Phi) is 43.4. The molecule has 0 aliphatic heterocycles. The molecule has 8 nitrogen and oxygen atoms in total. The molecule has 0 bridgehead atoms. The molecule has 3 atom stereocenters. The van der Waals surface area contributed by atoms with E-state index >= 15 is 0 Å². The number of allylic oxidation sites excluding steroid dienone is 21. The normalized spacial score (nSPS) is 15.2. The fraction of sp³-hybridized carbons (Fsp3) is 0.589. The van der Waals surface area contributed by atoms with Crippen molar-refractivity contribution in [2.75, 3.05) is 40.9 Å². The van der Waals surface area contributed by atoms with Gasteiger partial charge in [0.15, 0.2) is 0 Å². The predicted molar refractivity (Wildman–Crippen MR) is 281 cm³/mol. The molecule has 1 amide bonds. The summed E-state index contributed by atoms with van der Waals surface area (Å²) in [4.78, 5) is 23.1. The molecule has 0 aromatic carbocycles. The van der Waals surface area contributed by atoms with Gasteiger partial charge in [0.25, 0.3) is 0 Å². The molecule has 0 spiro atoms. The summed E-state index contributed by atoms with van der Waals surface area (Å²) >= 11 is 0. The van der Waals surface area contributed by atoms with Gasteiger partial charge >= 0.3 is 7.82 Å². The second-order valence-electron chi connectivity index (χ2n) is 17.4. The van der Waals surface area contributed by atoms with Crippen molar-refractivity contribution in [2.45, 2.75) is 174 Å². The fourth-order valence-corrected chi connectivity index (χ4v) is 6.95. The highest BCUT2D eigenvalue weighted by Crippen LogP contribution is 2.43. The van der Waals surface area contributed by atoms with Crippen LogP contribution in [-0.4, -0.2) is 73.4 Å². The number of aliphatic hydroxyl groups is 1. The molecule has 65 heavy (non-hydrogen) atoms. The molecule has 0 fully saturated rings. The molecular weight excluding hydrogens is 828 g/mol. The van der Waals surface area contributed by atoms with Crippen LogP contribution < -0.4 is 5.32 Å². The zero-order valence-corrected chi connectivity index (χ0v) is 42.6. The summed E-state index contributed by atoms with van der Waals surface area (Å²) in [5.74, 6) is -0.210. The third kappa shape index (κ3) is 48.4. The van der Waals surface area contributed by atoms with Crippen molar-refractivity contribution in [3.8, 4) is 0 Å². The lowest BCUT2D eigenvalue weighted by atomic mass is 10.1. The summed E-state index contributed by atoms with van der Waals surface area (Å²) in [5.41, 5.74) is 0. The topological polar surface area (TPSA) is 105 Å². The van der Waals surface area contributed by atoms with Crippen LogP contribution in [0.5, 0.6) is 0 Å². The summed E-state index contributed by atoms with van der Waals surface area (Å²) in [5, 5.41) is 13.8. The van der Waals surface area contributed by atoms with E-state index < -0.39 is 20.0 Å². The summed E-state index contributed by atoms with van der Waals surface area (Å²) in [6.45, 7) is 4.50. The van der Waals surface area contributed by atoms with Gasteiger partial charge in [0.2, 0.25) is 5.91 Å². The number of carbonyl (C=O) groups is 1. The Morgan fingerprint density at radius 2 is 0.892 bits per heavy atom. The molecule has 0 saturated carbocycles. The Hall–Kier alpha value is -3.36. The molecule has 0 rings (SSSR count). The van der Waals surface area contributed by atoms with E-state index in [-0.39, 0.29) is 19.1 Å². The van der Waals surface area contributed by atoms with E-state index in [2.05, 4.69) is 141 Å². The Balaban J connectivity index is 4.20. The van der Waals surface area contributed by atoms with Gasteiger partial charge in [-0.25, -0.2) is 4.57 Å². The first-order chi connectivity index (χ1) is 31.5. The number of carbonyl (C=O) groups excluding carboxylic acids is 1. The quantitative estimate of drug-likeness (QED) is 0.0244. The van der Waals surface area contributed by atoms with Gasteiger partial charge in [-0.2, -0.15) is 0 Å². The Labute approximate surface area is 398 Å². The summed E-state index contributed by atoms with van der Waals surface area (Å²) in [7, 11) is 1.51. The van der Waals surface area contributed by atoms with Crippen LogP contribution in [0.1, 0.15) is 162 Å². The van der Waals surface area contributed by atoms with Gasteiger partial charge in [0, 0.05) is 6.42 Å². The van der Waals surface area contributed by atoms with E-state index in [1.807, 2.05) is 27.2 Å². The summed E-state index contributed by atoms with van der Waals surface area (Å²) in [6.07, 6.45) is 69.8. The molecule has 3 unspecified atom stereocenters. The smallest absolute Gasteiger partial charge is 0.387 e. The van der Waals surface area contributed by atoms with Crippen LogP contribution in [0.25, 0.3) is 0 Å². The van der Waals surface area contributed by atoms with Crippen molar-refractivity contribution < 1.29 is 32.9 Å². The maximum absolute atomic E-state index is 12.9. The maximum Gasteiger partial charge on any atom is 0.472 e. The number of rotatable bonds is 43. The van der Waals surface area contributed by atoms with Crippen LogP contribution in [-0.2, 0) is 18.4 Å². The number of hydrogen-bond acceptors (Lipinski definition) is 5. The van der Waals surface area contributed by atoms with E-state index in [4.69, 9.17) is 9.05 Å². The van der Waals surface area contributed by atoms with Gasteiger partial charge in [0.05, 0.1) is 39.9 Å². The first-order valence-electron chi connectivity index (χ1n) is 25.1.